The number of hydrogen-bond acceptors (Lipinski definition) is 4. The van der Waals surface area contributed by atoms with Crippen molar-refractivity contribution in [2.75, 3.05) is 19.3 Å². The number of anilines is 1. The molecule has 0 bridgehead atoms. The van der Waals surface area contributed by atoms with Gasteiger partial charge >= 0.3 is 0 Å². The van der Waals surface area contributed by atoms with Crippen molar-refractivity contribution in [3.05, 3.63) is 47.0 Å². The lowest BCUT2D eigenvalue weighted by atomic mass is 9.77. The maximum Gasteiger partial charge on any atom is 0.181 e. The van der Waals surface area contributed by atoms with Gasteiger partial charge in [0.2, 0.25) is 0 Å². The van der Waals surface area contributed by atoms with Gasteiger partial charge in [0.05, 0.1) is 10.2 Å². The molecule has 2 aliphatic rings. The number of fused-ring (bicyclic) bond motifs is 4. The summed E-state index contributed by atoms with van der Waals surface area (Å²) < 4.78 is 1.25. The summed E-state index contributed by atoms with van der Waals surface area (Å²) in [7, 11) is 2.25. The average Bonchev–Trinajstić information content (AvgIpc) is 2.91. The Morgan fingerprint density at radius 1 is 1.23 bits per heavy atom. The Labute approximate surface area is 133 Å². The van der Waals surface area contributed by atoms with Gasteiger partial charge in [-0.25, -0.2) is 4.98 Å². The van der Waals surface area contributed by atoms with Gasteiger partial charge in [0.1, 0.15) is 0 Å². The first kappa shape index (κ1) is 12.6. The van der Waals surface area contributed by atoms with Crippen LogP contribution in [0.4, 0.5) is 5.13 Å². The van der Waals surface area contributed by atoms with E-state index in [0.29, 0.717) is 11.2 Å². The molecule has 0 radical (unpaired) electrons. The van der Waals surface area contributed by atoms with Gasteiger partial charge in [-0.3, -0.25) is 4.90 Å². The first-order valence-electron chi connectivity index (χ1n) is 7.72. The minimum atomic E-state index is 0.509. The van der Waals surface area contributed by atoms with E-state index in [1.807, 2.05) is 0 Å². The van der Waals surface area contributed by atoms with E-state index in [0.717, 1.165) is 24.9 Å². The molecule has 1 atom stereocenters. The highest BCUT2D eigenvalue weighted by atomic mass is 32.1. The average molecular weight is 307 g/mol. The highest BCUT2D eigenvalue weighted by molar-refractivity contribution is 7.22. The molecular weight excluding hydrogens is 290 g/mol. The van der Waals surface area contributed by atoms with Gasteiger partial charge in [-0.15, -0.1) is 0 Å². The molecule has 0 saturated heterocycles. The number of aromatic nitrogens is 1. The second-order valence-electron chi connectivity index (χ2n) is 6.33. The van der Waals surface area contributed by atoms with Gasteiger partial charge in [0.25, 0.3) is 0 Å². The fourth-order valence-electron chi connectivity index (χ4n) is 4.10. The summed E-state index contributed by atoms with van der Waals surface area (Å²) in [6.45, 7) is 1.15. The van der Waals surface area contributed by atoms with Crippen LogP contribution in [0.2, 0.25) is 0 Å². The molecule has 5 rings (SSSR count). The van der Waals surface area contributed by atoms with Crippen LogP contribution in [-0.4, -0.2) is 23.5 Å². The fraction of sp³-hybridized carbons (Fsp3) is 0.278. The van der Waals surface area contributed by atoms with Crippen LogP contribution in [0.3, 0.4) is 0 Å². The third kappa shape index (κ3) is 1.57. The number of benzene rings is 2. The first-order chi connectivity index (χ1) is 10.7. The van der Waals surface area contributed by atoms with E-state index in [1.165, 1.54) is 32.5 Å². The summed E-state index contributed by atoms with van der Waals surface area (Å²) in [5, 5.41) is 0.660. The van der Waals surface area contributed by atoms with Gasteiger partial charge in [-0.1, -0.05) is 35.6 Å². The molecule has 4 heteroatoms. The van der Waals surface area contributed by atoms with Gasteiger partial charge < -0.3 is 5.73 Å². The minimum absolute atomic E-state index is 0.509. The van der Waals surface area contributed by atoms with Crippen LogP contribution >= 0.6 is 11.3 Å². The summed E-state index contributed by atoms with van der Waals surface area (Å²) in [5.74, 6) is 0. The van der Waals surface area contributed by atoms with E-state index in [9.17, 15) is 0 Å². The smallest absolute Gasteiger partial charge is 0.181 e. The molecule has 2 heterocycles. The molecule has 0 amide bonds. The van der Waals surface area contributed by atoms with Crippen LogP contribution in [0.1, 0.15) is 22.7 Å². The number of nitrogens with two attached hydrogens (primary N) is 1. The number of rotatable bonds is 0. The highest BCUT2D eigenvalue weighted by Crippen LogP contribution is 2.48. The molecule has 3 aromatic rings. The summed E-state index contributed by atoms with van der Waals surface area (Å²) >= 11 is 1.62. The summed E-state index contributed by atoms with van der Waals surface area (Å²) in [5.41, 5.74) is 14.2. The minimum Gasteiger partial charge on any atom is -0.375 e. The Hall–Kier alpha value is -1.91. The molecule has 22 heavy (non-hydrogen) atoms. The normalized spacial score (nSPS) is 20.0. The molecule has 1 unspecified atom stereocenters. The number of thiazole rings is 1. The fourth-order valence-corrected chi connectivity index (χ4v) is 5.01. The van der Waals surface area contributed by atoms with Crippen molar-refractivity contribution in [3.63, 3.8) is 0 Å². The van der Waals surface area contributed by atoms with Gasteiger partial charge in [-0.05, 0) is 48.2 Å². The first-order valence-corrected chi connectivity index (χ1v) is 8.54. The predicted molar refractivity (Wildman–Crippen MR) is 92.2 cm³/mol. The van der Waals surface area contributed by atoms with Crippen molar-refractivity contribution < 1.29 is 0 Å². The Bertz CT molecular complexity index is 912. The molecule has 3 nitrogen and oxygen atoms in total. The SMILES string of the molecule is CN1CCc2cccc3c2C1Cc1ccc2nc(N)sc2c1-3. The third-order valence-corrected chi connectivity index (χ3v) is 6.06. The van der Waals surface area contributed by atoms with Crippen LogP contribution in [0.5, 0.6) is 0 Å². The molecule has 1 aromatic heterocycles. The zero-order valence-electron chi connectivity index (χ0n) is 12.5. The molecule has 0 fully saturated rings. The third-order valence-electron chi connectivity index (χ3n) is 5.14. The lowest BCUT2D eigenvalue weighted by Gasteiger charge is -2.39. The van der Waals surface area contributed by atoms with Gasteiger partial charge in [0.15, 0.2) is 5.13 Å². The van der Waals surface area contributed by atoms with E-state index in [2.05, 4.69) is 47.3 Å². The topological polar surface area (TPSA) is 42.2 Å². The van der Waals surface area contributed by atoms with Crippen LogP contribution in [0.15, 0.2) is 30.3 Å². The maximum absolute atomic E-state index is 5.96. The van der Waals surface area contributed by atoms with Crippen LogP contribution in [0.25, 0.3) is 21.3 Å². The molecular formula is C18H17N3S. The van der Waals surface area contributed by atoms with Gasteiger partial charge in [0, 0.05) is 18.2 Å². The standard InChI is InChI=1S/C18H17N3S/c1-21-8-7-10-3-2-4-12-15(10)14(21)9-11-5-6-13-17(16(11)12)22-18(19)20-13/h2-6,14H,7-9H2,1H3,(H2,19,20). The van der Waals surface area contributed by atoms with Crippen LogP contribution < -0.4 is 5.73 Å². The van der Waals surface area contributed by atoms with E-state index in [1.54, 1.807) is 11.3 Å². The lowest BCUT2D eigenvalue weighted by Crippen LogP contribution is -2.35. The zero-order chi connectivity index (χ0) is 14.8. The summed E-state index contributed by atoms with van der Waals surface area (Å²) in [4.78, 5) is 6.97. The molecule has 110 valence electrons. The molecule has 0 spiro atoms. The largest absolute Gasteiger partial charge is 0.375 e. The summed E-state index contributed by atoms with van der Waals surface area (Å²) in [6, 6.07) is 11.7. The number of likely N-dealkylation sites (N-methyl/N-ethyl adjacent to an activating group) is 1. The second kappa shape index (κ2) is 4.31. The predicted octanol–water partition coefficient (Wildman–Crippen LogP) is 3.63. The molecule has 1 aliphatic carbocycles. The number of nitrogens with zero attached hydrogens (tertiary/aromatic N) is 2. The molecule has 2 aromatic carbocycles. The molecule has 1 aliphatic heterocycles. The van der Waals surface area contributed by atoms with Crippen molar-refractivity contribution in [2.45, 2.75) is 18.9 Å². The highest BCUT2D eigenvalue weighted by Gasteiger charge is 2.33. The van der Waals surface area contributed by atoms with Crippen LogP contribution in [0, 0.1) is 0 Å². The Balaban J connectivity index is 1.89. The Morgan fingerprint density at radius 2 is 2.14 bits per heavy atom. The van der Waals surface area contributed by atoms with E-state index in [4.69, 9.17) is 5.73 Å². The van der Waals surface area contributed by atoms with Gasteiger partial charge in [-0.2, -0.15) is 0 Å². The molecule has 0 saturated carbocycles. The van der Waals surface area contributed by atoms with Crippen molar-refractivity contribution in [3.8, 4) is 11.1 Å². The van der Waals surface area contributed by atoms with Crippen molar-refractivity contribution in [2.24, 2.45) is 0 Å². The number of nitrogen functional groups attached to an aromatic ring is 1. The van der Waals surface area contributed by atoms with Crippen molar-refractivity contribution in [1.82, 2.24) is 9.88 Å². The Morgan fingerprint density at radius 3 is 3.05 bits per heavy atom. The number of hydrogen-bond donors (Lipinski definition) is 1. The second-order valence-corrected chi connectivity index (χ2v) is 7.36. The maximum atomic E-state index is 5.96. The summed E-state index contributed by atoms with van der Waals surface area (Å²) in [6.07, 6.45) is 2.23. The quantitative estimate of drug-likeness (QED) is 0.689. The van der Waals surface area contributed by atoms with Crippen molar-refractivity contribution >= 4 is 26.7 Å². The van der Waals surface area contributed by atoms with E-state index >= 15 is 0 Å². The monoisotopic (exact) mass is 307 g/mol. The van der Waals surface area contributed by atoms with E-state index in [-0.39, 0.29) is 0 Å². The Kier molecular flexibility index (Phi) is 2.47. The van der Waals surface area contributed by atoms with E-state index < -0.39 is 0 Å². The van der Waals surface area contributed by atoms with Crippen LogP contribution in [-0.2, 0) is 12.8 Å². The lowest BCUT2D eigenvalue weighted by molar-refractivity contribution is 0.228. The van der Waals surface area contributed by atoms with Crippen molar-refractivity contribution in [1.29, 1.82) is 0 Å². The zero-order valence-corrected chi connectivity index (χ0v) is 13.3. The molecule has 2 N–H and O–H groups in total.